The van der Waals surface area contributed by atoms with E-state index in [2.05, 4.69) is 9.88 Å². The highest BCUT2D eigenvalue weighted by atomic mass is 16.8. The molecular formula is C19H26N2O5. The fourth-order valence-electron chi connectivity index (χ4n) is 3.81. The van der Waals surface area contributed by atoms with Gasteiger partial charge in [0.1, 0.15) is 18.0 Å². The maximum atomic E-state index is 11.1. The highest BCUT2D eigenvalue weighted by Crippen LogP contribution is 2.36. The molecule has 3 fully saturated rings. The van der Waals surface area contributed by atoms with Crippen LogP contribution in [0.5, 0.6) is 0 Å². The molecule has 4 rings (SSSR count). The van der Waals surface area contributed by atoms with Gasteiger partial charge in [-0.3, -0.25) is 9.88 Å². The Morgan fingerprint density at radius 1 is 1.31 bits per heavy atom. The number of nitrogens with zero attached hydrogens (tertiary/aromatic N) is 2. The van der Waals surface area contributed by atoms with Gasteiger partial charge in [-0.05, 0) is 31.6 Å². The van der Waals surface area contributed by atoms with Gasteiger partial charge in [-0.25, -0.2) is 0 Å². The predicted molar refractivity (Wildman–Crippen MR) is 94.2 cm³/mol. The van der Waals surface area contributed by atoms with E-state index in [9.17, 15) is 5.11 Å². The average Bonchev–Trinajstić information content (AvgIpc) is 3.16. The molecule has 3 aliphatic heterocycles. The van der Waals surface area contributed by atoms with Crippen molar-refractivity contribution in [2.24, 2.45) is 0 Å². The molecule has 1 aromatic rings. The summed E-state index contributed by atoms with van der Waals surface area (Å²) in [6.45, 7) is 6.99. The van der Waals surface area contributed by atoms with Crippen LogP contribution < -0.4 is 0 Å². The monoisotopic (exact) mass is 362 g/mol. The summed E-state index contributed by atoms with van der Waals surface area (Å²) in [5.41, 5.74) is 0.942. The maximum absolute atomic E-state index is 11.1. The van der Waals surface area contributed by atoms with E-state index in [4.69, 9.17) is 18.9 Å². The molecule has 7 heteroatoms. The summed E-state index contributed by atoms with van der Waals surface area (Å²) in [5.74, 6) is 0.0867. The molecule has 1 aromatic heterocycles. The highest BCUT2D eigenvalue weighted by molar-refractivity contribution is 5.52. The molecule has 0 radical (unpaired) electrons. The Morgan fingerprint density at radius 3 is 2.77 bits per heavy atom. The first-order valence-electron chi connectivity index (χ1n) is 9.13. The lowest BCUT2D eigenvalue weighted by atomic mass is 10.0. The van der Waals surface area contributed by atoms with Crippen LogP contribution in [0.3, 0.4) is 0 Å². The number of ether oxygens (including phenoxy) is 4. The van der Waals surface area contributed by atoms with Crippen molar-refractivity contribution in [2.45, 2.75) is 44.0 Å². The first kappa shape index (κ1) is 17.9. The van der Waals surface area contributed by atoms with Crippen LogP contribution in [0.25, 0.3) is 6.08 Å². The minimum absolute atomic E-state index is 0.226. The van der Waals surface area contributed by atoms with Gasteiger partial charge in [-0.15, -0.1) is 0 Å². The van der Waals surface area contributed by atoms with Crippen molar-refractivity contribution >= 4 is 6.08 Å². The molecule has 26 heavy (non-hydrogen) atoms. The van der Waals surface area contributed by atoms with Crippen molar-refractivity contribution in [3.63, 3.8) is 0 Å². The van der Waals surface area contributed by atoms with Crippen molar-refractivity contribution in [1.29, 1.82) is 0 Å². The Kier molecular flexibility index (Phi) is 4.98. The third-order valence-electron chi connectivity index (χ3n) is 5.05. The highest BCUT2D eigenvalue weighted by Gasteiger charge is 2.51. The Balaban J connectivity index is 1.60. The van der Waals surface area contributed by atoms with Gasteiger partial charge in [0, 0.05) is 25.5 Å². The second-order valence-corrected chi connectivity index (χ2v) is 7.37. The molecule has 0 bridgehead atoms. The van der Waals surface area contributed by atoms with E-state index in [0.29, 0.717) is 19.8 Å². The van der Waals surface area contributed by atoms with Gasteiger partial charge in [0.05, 0.1) is 25.9 Å². The lowest BCUT2D eigenvalue weighted by molar-refractivity contribution is -0.156. The van der Waals surface area contributed by atoms with E-state index in [1.165, 1.54) is 0 Å². The molecule has 142 valence electrons. The van der Waals surface area contributed by atoms with Crippen molar-refractivity contribution in [2.75, 3.05) is 32.9 Å². The number of pyridine rings is 1. The first-order chi connectivity index (χ1) is 12.5. The lowest BCUT2D eigenvalue weighted by Crippen LogP contribution is -2.51. The molecule has 0 amide bonds. The normalized spacial score (nSPS) is 36.3. The second-order valence-electron chi connectivity index (χ2n) is 7.37. The lowest BCUT2D eigenvalue weighted by Gasteiger charge is -2.33. The van der Waals surface area contributed by atoms with Gasteiger partial charge in [-0.1, -0.05) is 6.07 Å². The first-order valence-corrected chi connectivity index (χ1v) is 9.13. The largest absolute Gasteiger partial charge is 0.487 e. The van der Waals surface area contributed by atoms with Crippen LogP contribution >= 0.6 is 0 Å². The van der Waals surface area contributed by atoms with Gasteiger partial charge < -0.3 is 24.1 Å². The van der Waals surface area contributed by atoms with Crippen LogP contribution in [0.1, 0.15) is 19.4 Å². The SMILES string of the molecule is CC1(C)OC[C@H]([C@H]2O/C(=C\c3cccnc3)[C@H](N3CCOCC3)[C@H]2O)O1. The standard InChI is InChI=1S/C19H26N2O5/c1-19(2)24-12-15(26-19)18-17(22)16(21-6-8-23-9-7-21)14(25-18)10-13-4-3-5-20-11-13/h3-5,10-11,15-18,22H,6-9,12H2,1-2H3/b14-10-/t15-,16+,17-,18-/m1/s1. The molecule has 4 atom stereocenters. The van der Waals surface area contributed by atoms with Crippen molar-refractivity contribution < 1.29 is 24.1 Å². The van der Waals surface area contributed by atoms with Gasteiger partial charge >= 0.3 is 0 Å². The van der Waals surface area contributed by atoms with Crippen LogP contribution in [0.2, 0.25) is 0 Å². The molecule has 7 nitrogen and oxygen atoms in total. The van der Waals surface area contributed by atoms with E-state index >= 15 is 0 Å². The number of hydrogen-bond donors (Lipinski definition) is 1. The summed E-state index contributed by atoms with van der Waals surface area (Å²) >= 11 is 0. The second kappa shape index (κ2) is 7.25. The Morgan fingerprint density at radius 2 is 2.12 bits per heavy atom. The van der Waals surface area contributed by atoms with E-state index in [1.807, 2.05) is 32.1 Å². The average molecular weight is 362 g/mol. The van der Waals surface area contributed by atoms with Crippen LogP contribution in [0, 0.1) is 0 Å². The predicted octanol–water partition coefficient (Wildman–Crippen LogP) is 1.03. The minimum atomic E-state index is -0.696. The zero-order valence-electron chi connectivity index (χ0n) is 15.2. The number of hydrogen-bond acceptors (Lipinski definition) is 7. The van der Waals surface area contributed by atoms with Crippen LogP contribution in [-0.4, -0.2) is 78.0 Å². The molecule has 0 unspecified atom stereocenters. The summed E-state index contributed by atoms with van der Waals surface area (Å²) in [4.78, 5) is 6.38. The third-order valence-corrected chi connectivity index (χ3v) is 5.05. The van der Waals surface area contributed by atoms with Gasteiger partial charge in [0.25, 0.3) is 0 Å². The molecule has 0 aliphatic carbocycles. The number of rotatable bonds is 3. The van der Waals surface area contributed by atoms with Crippen molar-refractivity contribution in [1.82, 2.24) is 9.88 Å². The van der Waals surface area contributed by atoms with E-state index in [1.54, 1.807) is 12.4 Å². The molecule has 4 heterocycles. The minimum Gasteiger partial charge on any atom is -0.487 e. The smallest absolute Gasteiger partial charge is 0.163 e. The number of aliphatic hydroxyl groups is 1. The fraction of sp³-hybridized carbons (Fsp3) is 0.632. The third kappa shape index (κ3) is 3.63. The fourth-order valence-corrected chi connectivity index (χ4v) is 3.81. The number of morpholine rings is 1. The van der Waals surface area contributed by atoms with Gasteiger partial charge in [0.2, 0.25) is 0 Å². The molecule has 0 spiro atoms. The quantitative estimate of drug-likeness (QED) is 0.861. The molecule has 3 aliphatic rings. The molecule has 1 N–H and O–H groups in total. The zero-order valence-corrected chi connectivity index (χ0v) is 15.2. The van der Waals surface area contributed by atoms with Crippen molar-refractivity contribution in [3.8, 4) is 0 Å². The van der Waals surface area contributed by atoms with Crippen LogP contribution in [0.15, 0.2) is 30.3 Å². The Labute approximate surface area is 153 Å². The van der Waals surface area contributed by atoms with E-state index < -0.39 is 18.0 Å². The summed E-state index contributed by atoms with van der Waals surface area (Å²) in [7, 11) is 0. The summed E-state index contributed by atoms with van der Waals surface area (Å²) in [5, 5.41) is 11.1. The summed E-state index contributed by atoms with van der Waals surface area (Å²) in [6.07, 6.45) is 4.01. The summed E-state index contributed by atoms with van der Waals surface area (Å²) < 4.78 is 23.3. The van der Waals surface area contributed by atoms with Gasteiger partial charge in [-0.2, -0.15) is 0 Å². The number of aromatic nitrogens is 1. The van der Waals surface area contributed by atoms with Crippen LogP contribution in [0.4, 0.5) is 0 Å². The molecule has 0 saturated carbocycles. The maximum Gasteiger partial charge on any atom is 0.163 e. The van der Waals surface area contributed by atoms with E-state index in [0.717, 1.165) is 24.4 Å². The Bertz CT molecular complexity index is 645. The number of aliphatic hydroxyl groups excluding tert-OH is 1. The molecule has 3 saturated heterocycles. The summed E-state index contributed by atoms with van der Waals surface area (Å²) in [6, 6.07) is 3.63. The topological polar surface area (TPSA) is 73.3 Å². The zero-order chi connectivity index (χ0) is 18.1. The van der Waals surface area contributed by atoms with Crippen LogP contribution in [-0.2, 0) is 18.9 Å². The molecule has 0 aromatic carbocycles. The van der Waals surface area contributed by atoms with Crippen molar-refractivity contribution in [3.05, 3.63) is 35.8 Å². The van der Waals surface area contributed by atoms with E-state index in [-0.39, 0.29) is 12.1 Å². The molecular weight excluding hydrogens is 336 g/mol. The van der Waals surface area contributed by atoms with Gasteiger partial charge in [0.15, 0.2) is 11.9 Å². The Hall–Kier alpha value is -1.51.